The van der Waals surface area contributed by atoms with Crippen molar-refractivity contribution in [3.63, 3.8) is 0 Å². The topological polar surface area (TPSA) is 50.3 Å². The molecule has 0 aliphatic heterocycles. The van der Waals surface area contributed by atoms with Crippen molar-refractivity contribution in [2.45, 2.75) is 13.3 Å². The number of alkyl halides is 2. The number of nitrogens with one attached hydrogen (secondary N) is 1. The number of hydrogen-bond donors (Lipinski definition) is 1. The summed E-state index contributed by atoms with van der Waals surface area (Å²) in [6.07, 6.45) is -1.11. The minimum atomic E-state index is -2.43. The molecule has 0 atom stereocenters. The summed E-state index contributed by atoms with van der Waals surface area (Å²) in [7, 11) is 2.99. The van der Waals surface area contributed by atoms with Crippen LogP contribution in [-0.2, 0) is 0 Å². The van der Waals surface area contributed by atoms with Crippen molar-refractivity contribution in [2.75, 3.05) is 37.5 Å². The first-order chi connectivity index (χ1) is 8.10. The third kappa shape index (κ3) is 3.40. The fraction of sp³-hybridized carbons (Fsp3) is 0.600. The Hall–Kier alpha value is -1.66. The standard InChI is InChI=1S/C10H16F2N4O/c1-4-13-9-8(17-3)10(15-6-14-9)16(2)5-7(11)12/h6-7H,4-5H2,1-3H3,(H,13,14,15). The molecule has 96 valence electrons. The lowest BCUT2D eigenvalue weighted by Crippen LogP contribution is -2.25. The van der Waals surface area contributed by atoms with Gasteiger partial charge in [-0.05, 0) is 6.92 Å². The molecule has 1 aromatic heterocycles. The molecule has 0 saturated carbocycles. The highest BCUT2D eigenvalue weighted by molar-refractivity contribution is 5.64. The van der Waals surface area contributed by atoms with E-state index in [0.717, 1.165) is 0 Å². The van der Waals surface area contributed by atoms with Gasteiger partial charge in [-0.1, -0.05) is 0 Å². The van der Waals surface area contributed by atoms with Gasteiger partial charge in [-0.15, -0.1) is 0 Å². The van der Waals surface area contributed by atoms with Gasteiger partial charge in [0.2, 0.25) is 5.75 Å². The summed E-state index contributed by atoms with van der Waals surface area (Å²) < 4.78 is 29.8. The Balaban J connectivity index is 3.01. The molecule has 0 aromatic carbocycles. The van der Waals surface area contributed by atoms with E-state index in [1.54, 1.807) is 0 Å². The Kier molecular flexibility index (Phi) is 4.86. The largest absolute Gasteiger partial charge is 0.490 e. The van der Waals surface area contributed by atoms with E-state index in [1.165, 1.54) is 25.4 Å². The van der Waals surface area contributed by atoms with Crippen LogP contribution < -0.4 is 15.0 Å². The van der Waals surface area contributed by atoms with Gasteiger partial charge in [-0.2, -0.15) is 0 Å². The van der Waals surface area contributed by atoms with E-state index in [4.69, 9.17) is 4.74 Å². The fourth-order valence-corrected chi connectivity index (χ4v) is 1.41. The molecule has 0 radical (unpaired) electrons. The quantitative estimate of drug-likeness (QED) is 0.826. The average molecular weight is 246 g/mol. The van der Waals surface area contributed by atoms with Crippen LogP contribution in [0.4, 0.5) is 20.4 Å². The van der Waals surface area contributed by atoms with Crippen LogP contribution in [0.5, 0.6) is 5.75 Å². The number of methoxy groups -OCH3 is 1. The van der Waals surface area contributed by atoms with E-state index in [9.17, 15) is 8.78 Å². The third-order valence-electron chi connectivity index (χ3n) is 2.11. The molecule has 1 heterocycles. The van der Waals surface area contributed by atoms with Gasteiger partial charge >= 0.3 is 0 Å². The van der Waals surface area contributed by atoms with Gasteiger partial charge < -0.3 is 15.0 Å². The Labute approximate surface area is 98.8 Å². The summed E-state index contributed by atoms with van der Waals surface area (Å²) >= 11 is 0. The molecule has 0 aliphatic rings. The molecule has 1 rings (SSSR count). The SMILES string of the molecule is CCNc1ncnc(N(C)CC(F)F)c1OC. The molecular formula is C10H16F2N4O. The van der Waals surface area contributed by atoms with E-state index in [1.807, 2.05) is 6.92 Å². The molecule has 0 fully saturated rings. The zero-order chi connectivity index (χ0) is 12.8. The second-order valence-corrected chi connectivity index (χ2v) is 3.38. The maximum atomic E-state index is 12.3. The van der Waals surface area contributed by atoms with Gasteiger partial charge in [0.25, 0.3) is 6.43 Å². The van der Waals surface area contributed by atoms with E-state index in [2.05, 4.69) is 15.3 Å². The molecule has 0 saturated heterocycles. The van der Waals surface area contributed by atoms with Crippen LogP contribution in [-0.4, -0.2) is 43.6 Å². The monoisotopic (exact) mass is 246 g/mol. The van der Waals surface area contributed by atoms with E-state index < -0.39 is 13.0 Å². The molecule has 0 amide bonds. The van der Waals surface area contributed by atoms with Crippen LogP contribution in [0.3, 0.4) is 0 Å². The van der Waals surface area contributed by atoms with Crippen molar-refractivity contribution in [3.05, 3.63) is 6.33 Å². The molecule has 0 spiro atoms. The van der Waals surface area contributed by atoms with Crippen molar-refractivity contribution < 1.29 is 13.5 Å². The van der Waals surface area contributed by atoms with Gasteiger partial charge in [0.1, 0.15) is 6.33 Å². The summed E-state index contributed by atoms with van der Waals surface area (Å²) in [5.74, 6) is 1.22. The molecule has 1 N–H and O–H groups in total. The second kappa shape index (κ2) is 6.17. The van der Waals surface area contributed by atoms with Crippen molar-refractivity contribution in [2.24, 2.45) is 0 Å². The second-order valence-electron chi connectivity index (χ2n) is 3.38. The van der Waals surface area contributed by atoms with Crippen LogP contribution in [0.25, 0.3) is 0 Å². The fourth-order valence-electron chi connectivity index (χ4n) is 1.41. The number of ether oxygens (including phenoxy) is 1. The first-order valence-corrected chi connectivity index (χ1v) is 5.22. The van der Waals surface area contributed by atoms with Crippen molar-refractivity contribution in [1.82, 2.24) is 9.97 Å². The number of halogens is 2. The first kappa shape index (κ1) is 13.4. The molecule has 1 aromatic rings. The molecule has 7 heteroatoms. The van der Waals surface area contributed by atoms with E-state index in [0.29, 0.717) is 23.9 Å². The predicted molar refractivity (Wildman–Crippen MR) is 62.0 cm³/mol. The Bertz CT molecular complexity index is 362. The van der Waals surface area contributed by atoms with Crippen LogP contribution in [0, 0.1) is 0 Å². The summed E-state index contributed by atoms with van der Waals surface area (Å²) in [5, 5.41) is 2.99. The number of nitrogens with zero attached hydrogens (tertiary/aromatic N) is 3. The minimum absolute atomic E-state index is 0.346. The van der Waals surface area contributed by atoms with Crippen molar-refractivity contribution in [3.8, 4) is 5.75 Å². The lowest BCUT2D eigenvalue weighted by atomic mass is 10.4. The summed E-state index contributed by atoms with van der Waals surface area (Å²) in [5.41, 5.74) is 0. The van der Waals surface area contributed by atoms with Gasteiger partial charge in [0.05, 0.1) is 13.7 Å². The molecule has 0 aliphatic carbocycles. The predicted octanol–water partition coefficient (Wildman–Crippen LogP) is 1.62. The summed E-state index contributed by atoms with van der Waals surface area (Å²) in [6.45, 7) is 2.16. The number of aromatic nitrogens is 2. The van der Waals surface area contributed by atoms with Crippen molar-refractivity contribution in [1.29, 1.82) is 0 Å². The van der Waals surface area contributed by atoms with Gasteiger partial charge in [-0.25, -0.2) is 18.7 Å². The Morgan fingerprint density at radius 3 is 2.71 bits per heavy atom. The smallest absolute Gasteiger partial charge is 0.255 e. The maximum Gasteiger partial charge on any atom is 0.255 e. The highest BCUT2D eigenvalue weighted by Crippen LogP contribution is 2.31. The van der Waals surface area contributed by atoms with Gasteiger partial charge in [-0.3, -0.25) is 0 Å². The van der Waals surface area contributed by atoms with E-state index >= 15 is 0 Å². The molecule has 0 bridgehead atoms. The maximum absolute atomic E-state index is 12.3. The Morgan fingerprint density at radius 1 is 1.47 bits per heavy atom. The van der Waals surface area contributed by atoms with Crippen molar-refractivity contribution >= 4 is 11.6 Å². The first-order valence-electron chi connectivity index (χ1n) is 5.22. The van der Waals surface area contributed by atoms with Gasteiger partial charge in [0, 0.05) is 13.6 Å². The molecule has 5 nitrogen and oxygen atoms in total. The molecule has 17 heavy (non-hydrogen) atoms. The zero-order valence-corrected chi connectivity index (χ0v) is 10.1. The number of anilines is 2. The van der Waals surface area contributed by atoms with Crippen LogP contribution in [0.2, 0.25) is 0 Å². The van der Waals surface area contributed by atoms with Crippen LogP contribution >= 0.6 is 0 Å². The Morgan fingerprint density at radius 2 is 2.18 bits per heavy atom. The normalized spacial score (nSPS) is 10.5. The number of hydrogen-bond acceptors (Lipinski definition) is 5. The number of rotatable bonds is 6. The van der Waals surface area contributed by atoms with Gasteiger partial charge in [0.15, 0.2) is 11.6 Å². The lowest BCUT2D eigenvalue weighted by Gasteiger charge is -2.21. The molecule has 0 unspecified atom stereocenters. The van der Waals surface area contributed by atoms with Crippen LogP contribution in [0.1, 0.15) is 6.92 Å². The highest BCUT2D eigenvalue weighted by Gasteiger charge is 2.17. The molecular weight excluding hydrogens is 230 g/mol. The minimum Gasteiger partial charge on any atom is -0.490 e. The zero-order valence-electron chi connectivity index (χ0n) is 10.1. The lowest BCUT2D eigenvalue weighted by molar-refractivity contribution is 0.156. The third-order valence-corrected chi connectivity index (χ3v) is 2.11. The summed E-state index contributed by atoms with van der Waals surface area (Å²) in [4.78, 5) is 9.30. The van der Waals surface area contributed by atoms with E-state index in [-0.39, 0.29) is 0 Å². The van der Waals surface area contributed by atoms with Crippen LogP contribution in [0.15, 0.2) is 6.33 Å². The highest BCUT2D eigenvalue weighted by atomic mass is 19.3. The average Bonchev–Trinajstić information content (AvgIpc) is 2.28. The summed E-state index contributed by atoms with van der Waals surface area (Å²) in [6, 6.07) is 0.